The summed E-state index contributed by atoms with van der Waals surface area (Å²) in [5.74, 6) is 0.233. The average molecular weight is 449 g/mol. The molecule has 3 aromatic rings. The Kier molecular flexibility index (Phi) is 4.83. The van der Waals surface area contributed by atoms with E-state index in [-0.39, 0.29) is 29.3 Å². The van der Waals surface area contributed by atoms with Crippen molar-refractivity contribution >= 4 is 11.9 Å². The molecule has 0 bridgehead atoms. The van der Waals surface area contributed by atoms with Gasteiger partial charge in [0.05, 0.1) is 24.5 Å². The number of halogens is 1. The Balaban J connectivity index is 0.973. The van der Waals surface area contributed by atoms with Gasteiger partial charge in [-0.05, 0) is 48.9 Å². The van der Waals surface area contributed by atoms with E-state index < -0.39 is 0 Å². The van der Waals surface area contributed by atoms with Gasteiger partial charge in [0.15, 0.2) is 0 Å². The molecular formula is C23H24FN7O2. The number of anilines is 1. The number of nitrogens with one attached hydrogen (secondary N) is 2. The monoisotopic (exact) mass is 449 g/mol. The van der Waals surface area contributed by atoms with Crippen LogP contribution in [0.1, 0.15) is 40.0 Å². The van der Waals surface area contributed by atoms with E-state index in [4.69, 9.17) is 4.74 Å². The summed E-state index contributed by atoms with van der Waals surface area (Å²) in [6.07, 6.45) is 8.49. The van der Waals surface area contributed by atoms with Gasteiger partial charge >= 0.3 is 0 Å². The largest absolute Gasteiger partial charge is 0.372 e. The zero-order chi connectivity index (χ0) is 22.4. The first kappa shape index (κ1) is 20.2. The molecule has 2 aliphatic carbocycles. The number of amides is 1. The molecule has 3 aliphatic rings. The molecule has 10 heteroatoms. The Morgan fingerprint density at radius 1 is 1.18 bits per heavy atom. The Bertz CT molecular complexity index is 1150. The number of aromatic nitrogens is 5. The van der Waals surface area contributed by atoms with Crippen LogP contribution in [-0.2, 0) is 24.2 Å². The molecule has 1 saturated carbocycles. The van der Waals surface area contributed by atoms with Crippen molar-refractivity contribution < 1.29 is 13.9 Å². The van der Waals surface area contributed by atoms with Crippen LogP contribution >= 0.6 is 0 Å². The predicted octanol–water partition coefficient (Wildman–Crippen LogP) is 2.13. The molecule has 0 radical (unpaired) electrons. The molecule has 1 amide bonds. The molecule has 1 spiro atoms. The third-order valence-corrected chi connectivity index (χ3v) is 6.93. The summed E-state index contributed by atoms with van der Waals surface area (Å²) in [6, 6.07) is 5.04. The van der Waals surface area contributed by atoms with Gasteiger partial charge in [-0.1, -0.05) is 6.07 Å². The number of ether oxygens (including phenoxy) is 1. The van der Waals surface area contributed by atoms with Gasteiger partial charge in [0.2, 0.25) is 5.95 Å². The van der Waals surface area contributed by atoms with Gasteiger partial charge in [0.25, 0.3) is 5.91 Å². The van der Waals surface area contributed by atoms with E-state index in [1.165, 1.54) is 6.07 Å². The number of carbonyl (C=O) groups is 1. The minimum absolute atomic E-state index is 0.0390. The van der Waals surface area contributed by atoms with E-state index in [1.54, 1.807) is 24.7 Å². The number of carbonyl (C=O) groups excluding carboxylic acids is 1. The summed E-state index contributed by atoms with van der Waals surface area (Å²) < 4.78 is 19.3. The minimum Gasteiger partial charge on any atom is -0.372 e. The van der Waals surface area contributed by atoms with Crippen LogP contribution in [0.15, 0.2) is 36.8 Å². The molecule has 1 unspecified atom stereocenters. The van der Waals surface area contributed by atoms with Crippen molar-refractivity contribution in [2.24, 2.45) is 5.41 Å². The second-order valence-electron chi connectivity index (χ2n) is 9.42. The molecule has 2 N–H and O–H groups in total. The van der Waals surface area contributed by atoms with E-state index in [0.29, 0.717) is 18.1 Å². The fourth-order valence-electron chi connectivity index (χ4n) is 5.25. The van der Waals surface area contributed by atoms with E-state index in [1.807, 2.05) is 11.0 Å². The number of likely N-dealkylation sites (tertiary alicyclic amines) is 1. The summed E-state index contributed by atoms with van der Waals surface area (Å²) >= 11 is 0. The number of fused-ring (bicyclic) bond motifs is 1. The SMILES string of the molecule is O=C(c1cnc(NC2Cc3ccc(F)cc3C2)nc1)N1CC2(CC(OCc3cn[nH]n3)C2)C1. The van der Waals surface area contributed by atoms with Crippen molar-refractivity contribution in [2.75, 3.05) is 18.4 Å². The highest BCUT2D eigenvalue weighted by molar-refractivity contribution is 5.94. The predicted molar refractivity (Wildman–Crippen MR) is 116 cm³/mol. The van der Waals surface area contributed by atoms with Gasteiger partial charge in [0, 0.05) is 36.9 Å². The van der Waals surface area contributed by atoms with Gasteiger partial charge in [-0.15, -0.1) is 0 Å². The van der Waals surface area contributed by atoms with Crippen LogP contribution in [0.4, 0.5) is 10.3 Å². The van der Waals surface area contributed by atoms with E-state index in [9.17, 15) is 9.18 Å². The lowest BCUT2D eigenvalue weighted by atomic mass is 9.61. The molecule has 9 nitrogen and oxygen atoms in total. The Labute approximate surface area is 189 Å². The van der Waals surface area contributed by atoms with Crippen molar-refractivity contribution in [3.63, 3.8) is 0 Å². The number of aromatic amines is 1. The molecule has 2 fully saturated rings. The van der Waals surface area contributed by atoms with Crippen LogP contribution in [0.25, 0.3) is 0 Å². The quantitative estimate of drug-likeness (QED) is 0.593. The van der Waals surface area contributed by atoms with Crippen molar-refractivity contribution in [1.29, 1.82) is 0 Å². The Morgan fingerprint density at radius 2 is 1.97 bits per heavy atom. The summed E-state index contributed by atoms with van der Waals surface area (Å²) in [6.45, 7) is 1.94. The van der Waals surface area contributed by atoms with Crippen LogP contribution in [0.5, 0.6) is 0 Å². The normalized spacial score (nSPS) is 20.9. The van der Waals surface area contributed by atoms with E-state index in [2.05, 4.69) is 30.7 Å². The van der Waals surface area contributed by atoms with Gasteiger partial charge in [-0.3, -0.25) is 4.79 Å². The van der Waals surface area contributed by atoms with E-state index >= 15 is 0 Å². The molecule has 1 saturated heterocycles. The van der Waals surface area contributed by atoms with Crippen molar-refractivity contribution in [2.45, 2.75) is 44.4 Å². The highest BCUT2D eigenvalue weighted by atomic mass is 19.1. The first-order valence-electron chi connectivity index (χ1n) is 11.2. The lowest BCUT2D eigenvalue weighted by Gasteiger charge is -2.58. The second-order valence-corrected chi connectivity index (χ2v) is 9.42. The van der Waals surface area contributed by atoms with Crippen LogP contribution in [0.2, 0.25) is 0 Å². The first-order chi connectivity index (χ1) is 16.1. The topological polar surface area (TPSA) is 109 Å². The fraction of sp³-hybridized carbons (Fsp3) is 0.435. The molecule has 2 aromatic heterocycles. The van der Waals surface area contributed by atoms with E-state index in [0.717, 1.165) is 55.6 Å². The summed E-state index contributed by atoms with van der Waals surface area (Å²) in [4.78, 5) is 23.3. The highest BCUT2D eigenvalue weighted by Gasteiger charge is 2.54. The molecule has 3 heterocycles. The number of nitrogens with zero attached hydrogens (tertiary/aromatic N) is 5. The number of hydrogen-bond acceptors (Lipinski definition) is 7. The van der Waals surface area contributed by atoms with Crippen LogP contribution in [-0.4, -0.2) is 61.4 Å². The van der Waals surface area contributed by atoms with Crippen LogP contribution in [0.3, 0.4) is 0 Å². The van der Waals surface area contributed by atoms with Crippen LogP contribution in [0, 0.1) is 11.2 Å². The van der Waals surface area contributed by atoms with Gasteiger partial charge in [0.1, 0.15) is 11.5 Å². The lowest BCUT2D eigenvalue weighted by molar-refractivity contribution is -0.143. The average Bonchev–Trinajstić information content (AvgIpc) is 3.41. The first-order valence-corrected chi connectivity index (χ1v) is 11.2. The molecule has 1 aliphatic heterocycles. The van der Waals surface area contributed by atoms with Gasteiger partial charge in [-0.25, -0.2) is 14.4 Å². The summed E-state index contributed by atoms with van der Waals surface area (Å²) in [5.41, 5.74) is 3.64. The molecule has 170 valence electrons. The fourth-order valence-corrected chi connectivity index (χ4v) is 5.25. The number of rotatable bonds is 6. The second kappa shape index (κ2) is 7.87. The number of H-pyrrole nitrogens is 1. The molecular weight excluding hydrogens is 425 g/mol. The maximum absolute atomic E-state index is 13.4. The Hall–Kier alpha value is -3.40. The summed E-state index contributed by atoms with van der Waals surface area (Å²) in [5, 5.41) is 13.6. The van der Waals surface area contributed by atoms with Crippen LogP contribution < -0.4 is 5.32 Å². The van der Waals surface area contributed by atoms with Crippen molar-refractivity contribution in [3.8, 4) is 0 Å². The zero-order valence-electron chi connectivity index (χ0n) is 18.0. The highest BCUT2D eigenvalue weighted by Crippen LogP contribution is 2.50. The third kappa shape index (κ3) is 3.95. The van der Waals surface area contributed by atoms with Gasteiger partial charge in [-0.2, -0.15) is 15.4 Å². The maximum atomic E-state index is 13.4. The molecule has 33 heavy (non-hydrogen) atoms. The van der Waals surface area contributed by atoms with Crippen molar-refractivity contribution in [3.05, 3.63) is 65.0 Å². The van der Waals surface area contributed by atoms with Crippen molar-refractivity contribution in [1.82, 2.24) is 30.3 Å². The standard InChI is InChI=1S/C23H24FN7O2/c24-17-2-1-14-4-18(5-15(14)3-17)28-22-25-8-16(9-26-22)21(32)31-12-23(13-31)6-20(7-23)33-11-19-10-27-30-29-19/h1-3,8-10,18,20H,4-7,11-13H2,(H,25,26,28)(H,27,29,30). The van der Waals surface area contributed by atoms with Gasteiger partial charge < -0.3 is 15.0 Å². The number of benzene rings is 1. The molecule has 1 aromatic carbocycles. The maximum Gasteiger partial charge on any atom is 0.257 e. The molecule has 6 rings (SSSR count). The Morgan fingerprint density at radius 3 is 2.73 bits per heavy atom. The minimum atomic E-state index is -0.210. The lowest BCUT2D eigenvalue weighted by Crippen LogP contribution is -2.65. The smallest absolute Gasteiger partial charge is 0.257 e. The third-order valence-electron chi connectivity index (χ3n) is 6.93. The zero-order valence-corrected chi connectivity index (χ0v) is 18.0. The summed E-state index contributed by atoms with van der Waals surface area (Å²) in [7, 11) is 0. The molecule has 1 atom stereocenters. The number of hydrogen-bond donors (Lipinski definition) is 2.